The molecule has 7 N–H and O–H groups in total. The number of aliphatic carboxylic acids is 3. The lowest BCUT2D eigenvalue weighted by molar-refractivity contribution is -0.143. The van der Waals surface area contributed by atoms with E-state index in [2.05, 4.69) is 51.1 Å². The molecule has 0 saturated carbocycles. The number of phosphoric ester groups is 1. The van der Waals surface area contributed by atoms with E-state index in [1.807, 2.05) is 0 Å². The smallest absolute Gasteiger partial charge is 0.469 e. The number of carbonyl (C=O) groups is 3. The van der Waals surface area contributed by atoms with E-state index >= 15 is 0 Å². The maximum absolute atomic E-state index is 11.7. The molecule has 0 spiro atoms. The molecular weight excluding hydrogens is 1020 g/mol. The molecule has 1 aliphatic rings. The van der Waals surface area contributed by atoms with E-state index in [9.17, 15) is 49.0 Å². The molecule has 0 bridgehead atoms. The van der Waals surface area contributed by atoms with E-state index < -0.39 is 62.0 Å². The van der Waals surface area contributed by atoms with Gasteiger partial charge in [-0.05, 0) is 45.4 Å². The van der Waals surface area contributed by atoms with Crippen molar-refractivity contribution < 1.29 is 58.4 Å². The number of ether oxygens (including phenoxy) is 1. The highest BCUT2D eigenvalue weighted by Crippen LogP contribution is 2.38. The minimum atomic E-state index is -4.67. The average Bonchev–Trinajstić information content (AvgIpc) is 3.77. The van der Waals surface area contributed by atoms with Crippen molar-refractivity contribution in [2.24, 2.45) is 17.8 Å². The lowest BCUT2D eigenvalue weighted by Crippen LogP contribution is -2.33. The number of nitrogens with one attached hydrogen (secondary N) is 1. The molecule has 3 unspecified atom stereocenters. The fourth-order valence-electron chi connectivity index (χ4n) is 9.68. The summed E-state index contributed by atoms with van der Waals surface area (Å²) in [6, 6.07) is 0. The summed E-state index contributed by atoms with van der Waals surface area (Å²) in [6.07, 6.45) is 44.4. The maximum Gasteiger partial charge on any atom is 0.469 e. The summed E-state index contributed by atoms with van der Waals surface area (Å²) < 4.78 is 21.4. The summed E-state index contributed by atoms with van der Waals surface area (Å²) in [7, 11) is -4.67. The van der Waals surface area contributed by atoms with Gasteiger partial charge in [0.2, 0.25) is 0 Å². The van der Waals surface area contributed by atoms with Crippen LogP contribution >= 0.6 is 7.82 Å². The second-order valence-electron chi connectivity index (χ2n) is 22.1. The third-order valence-electron chi connectivity index (χ3n) is 14.8. The molecule has 1 fully saturated rings. The Bertz CT molecular complexity index is 1650. The second kappa shape index (κ2) is 52.2. The molecule has 0 radical (unpaired) electrons. The van der Waals surface area contributed by atoms with E-state index in [1.54, 1.807) is 0 Å². The van der Waals surface area contributed by atoms with Gasteiger partial charge in [0.15, 0.2) is 0 Å². The molecule has 17 heteroatoms. The summed E-state index contributed by atoms with van der Waals surface area (Å²) >= 11 is 0. The fraction of sp³-hybridized carbons (Fsp3) is 0.885. The number of carboxylic acid groups (broad SMARTS) is 3. The first kappa shape index (κ1) is 77.2. The number of H-pyrrole nitrogens is 1. The van der Waals surface area contributed by atoms with Gasteiger partial charge in [-0.3, -0.25) is 33.3 Å². The molecule has 1 aromatic heterocycles. The zero-order valence-electron chi connectivity index (χ0n) is 50.4. The van der Waals surface area contributed by atoms with Gasteiger partial charge < -0.3 is 34.9 Å². The number of aliphatic hydroxyl groups excluding tert-OH is 1. The van der Waals surface area contributed by atoms with Crippen LogP contribution in [0.3, 0.4) is 0 Å². The van der Waals surface area contributed by atoms with Crippen LogP contribution in [0.5, 0.6) is 0 Å². The van der Waals surface area contributed by atoms with Gasteiger partial charge in [-0.2, -0.15) is 0 Å². The summed E-state index contributed by atoms with van der Waals surface area (Å²) in [5, 5.41) is 37.4. The second-order valence-corrected chi connectivity index (χ2v) is 23.3. The van der Waals surface area contributed by atoms with Crippen molar-refractivity contribution in [1.29, 1.82) is 0 Å². The number of phosphoric acid groups is 1. The van der Waals surface area contributed by atoms with Gasteiger partial charge in [0.1, 0.15) is 12.3 Å². The van der Waals surface area contributed by atoms with E-state index in [0.717, 1.165) is 81.6 Å². The van der Waals surface area contributed by atoms with Crippen LogP contribution in [-0.4, -0.2) is 76.5 Å². The number of aromatic amines is 1. The van der Waals surface area contributed by atoms with Crippen LogP contribution in [0.1, 0.15) is 310 Å². The maximum atomic E-state index is 11.7. The van der Waals surface area contributed by atoms with Gasteiger partial charge in [-0.25, -0.2) is 9.36 Å². The van der Waals surface area contributed by atoms with Gasteiger partial charge in [-0.15, -0.1) is 0 Å². The van der Waals surface area contributed by atoms with Crippen molar-refractivity contribution in [2.45, 2.75) is 324 Å². The number of hydrogen-bond acceptors (Lipinski definition) is 9. The highest BCUT2D eigenvalue weighted by Gasteiger charge is 2.37. The zero-order valence-corrected chi connectivity index (χ0v) is 51.3. The van der Waals surface area contributed by atoms with Crippen molar-refractivity contribution in [3.05, 3.63) is 32.6 Å². The predicted molar refractivity (Wildman–Crippen MR) is 316 cm³/mol. The highest BCUT2D eigenvalue weighted by molar-refractivity contribution is 7.46. The Hall–Kier alpha value is -2.88. The number of hydrogen-bond donors (Lipinski definition) is 7. The van der Waals surface area contributed by atoms with Crippen LogP contribution in [-0.2, 0) is 28.2 Å². The van der Waals surface area contributed by atoms with Gasteiger partial charge in [0.25, 0.3) is 5.56 Å². The molecule has 1 aliphatic heterocycles. The number of carboxylic acids is 3. The van der Waals surface area contributed by atoms with Crippen molar-refractivity contribution in [1.82, 2.24) is 9.55 Å². The molecule has 0 aromatic carbocycles. The van der Waals surface area contributed by atoms with E-state index in [1.165, 1.54) is 186 Å². The molecule has 0 aliphatic carbocycles. The number of nitrogens with zero attached hydrogens (tertiary/aromatic N) is 1. The third kappa shape index (κ3) is 44.8. The normalized spacial score (nSPS) is 16.2. The van der Waals surface area contributed by atoms with Crippen molar-refractivity contribution in [2.75, 3.05) is 6.61 Å². The Morgan fingerprint density at radius 3 is 1.06 bits per heavy atom. The SMILES string of the molecule is CCCCCCCCC(CCCCCCC)C(=O)O.CCCCCCCCC(CCCCCCC)C(=O)O.CCCCCCCCC(CCCCCCC)C(=O)O.Cc1cn([C@H]2C[C@H](O)[C@@H](COP(=O)(O)O)O2)c(=O)[nH]c1=O. The number of aromatic nitrogens is 2. The molecule has 2 heterocycles. The van der Waals surface area contributed by atoms with Crippen LogP contribution in [0.4, 0.5) is 0 Å². The Morgan fingerprint density at radius 1 is 0.538 bits per heavy atom. The first-order valence-corrected chi connectivity index (χ1v) is 32.9. The minimum absolute atomic E-state index is 0.0283. The minimum Gasteiger partial charge on any atom is -0.481 e. The third-order valence-corrected chi connectivity index (χ3v) is 15.3. The molecule has 2 rings (SSSR count). The van der Waals surface area contributed by atoms with Crippen molar-refractivity contribution in [3.63, 3.8) is 0 Å². The Balaban J connectivity index is 0. The average molecular weight is 1130 g/mol. The number of unbranched alkanes of at least 4 members (excludes halogenated alkanes) is 27. The summed E-state index contributed by atoms with van der Waals surface area (Å²) in [6.45, 7) is 14.3. The molecule has 460 valence electrons. The van der Waals surface area contributed by atoms with E-state index in [0.29, 0.717) is 5.56 Å². The molecule has 1 saturated heterocycles. The quantitative estimate of drug-likeness (QED) is 0.0237. The first-order valence-electron chi connectivity index (χ1n) is 31.4. The topological polar surface area (TPSA) is 263 Å². The zero-order chi connectivity index (χ0) is 58.8. The standard InChI is InChI=1S/3C17H34O2.C10H15N2O8P/c3*1-3-5-7-9-11-13-15-16(17(18)19)14-12-10-8-6-4-2;1-5-3-12(10(15)11-9(5)14)8-2-6(13)7(20-8)4-19-21(16,17)18/h3*16H,3-15H2,1-2H3,(H,18,19);3,6-8,13H,2,4H2,1H3,(H,11,14,15)(H2,16,17,18)/t;;;6-,7+,8+/m...0/s1. The molecule has 0 amide bonds. The molecular formula is C61H117N2O14P. The molecule has 6 atom stereocenters. The van der Waals surface area contributed by atoms with Crippen LogP contribution in [0.2, 0.25) is 0 Å². The Morgan fingerprint density at radius 2 is 0.808 bits per heavy atom. The van der Waals surface area contributed by atoms with Crippen LogP contribution in [0.15, 0.2) is 15.8 Å². The van der Waals surface area contributed by atoms with Crippen molar-refractivity contribution in [3.8, 4) is 0 Å². The Kier molecular flexibility index (Phi) is 51.7. The predicted octanol–water partition coefficient (Wildman–Crippen LogP) is 16.0. The van der Waals surface area contributed by atoms with Gasteiger partial charge in [0.05, 0.1) is 30.5 Å². The van der Waals surface area contributed by atoms with Crippen LogP contribution in [0, 0.1) is 24.7 Å². The van der Waals surface area contributed by atoms with Crippen LogP contribution < -0.4 is 11.2 Å². The summed E-state index contributed by atoms with van der Waals surface area (Å²) in [5.41, 5.74) is -0.918. The first-order chi connectivity index (χ1) is 37.3. The Labute approximate surface area is 472 Å². The van der Waals surface area contributed by atoms with Crippen molar-refractivity contribution >= 4 is 25.7 Å². The number of aliphatic hydroxyl groups is 1. The van der Waals surface area contributed by atoms with Gasteiger partial charge >= 0.3 is 31.4 Å². The monoisotopic (exact) mass is 1130 g/mol. The lowest BCUT2D eigenvalue weighted by atomic mass is 9.94. The largest absolute Gasteiger partial charge is 0.481 e. The lowest BCUT2D eigenvalue weighted by Gasteiger charge is -2.16. The fourth-order valence-corrected chi connectivity index (χ4v) is 10.0. The van der Waals surface area contributed by atoms with Gasteiger partial charge in [0, 0.05) is 18.2 Å². The number of aryl methyl sites for hydroxylation is 1. The van der Waals surface area contributed by atoms with E-state index in [4.69, 9.17) is 14.5 Å². The van der Waals surface area contributed by atoms with Gasteiger partial charge in [-0.1, -0.05) is 253 Å². The molecule has 78 heavy (non-hydrogen) atoms. The highest BCUT2D eigenvalue weighted by atomic mass is 31.2. The number of rotatable bonds is 46. The molecule has 1 aromatic rings. The van der Waals surface area contributed by atoms with E-state index in [-0.39, 0.29) is 24.2 Å². The van der Waals surface area contributed by atoms with Crippen LogP contribution in [0.25, 0.3) is 0 Å². The molecule has 16 nitrogen and oxygen atoms in total. The summed E-state index contributed by atoms with van der Waals surface area (Å²) in [4.78, 5) is 75.9. The summed E-state index contributed by atoms with van der Waals surface area (Å²) in [5.74, 6) is -2.01.